The summed E-state index contributed by atoms with van der Waals surface area (Å²) in [4.78, 5) is 82.5. The van der Waals surface area contributed by atoms with Crippen LogP contribution in [0.15, 0.2) is 48.5 Å². The van der Waals surface area contributed by atoms with E-state index in [0.717, 1.165) is 0 Å². The standard InChI is InChI=1S/C40H52N4O10/c45-35(15-3-1-9-17-43-37(47)31-11-5-6-12-32(31)38(43)48)41-19-23-51-27-29-53-25-21-42(22-26-54-30-28-52-24-20-41)36(46)16-4-2-10-18-44-39(49)33-13-7-8-14-34(33)40(44)50/h5-8,11-14H,1-4,9-10,15-30H2. The number of unbranched alkanes of at least 4 members (excludes halogenated alkanes) is 4. The molecule has 5 rings (SSSR count). The molecule has 292 valence electrons. The lowest BCUT2D eigenvalue weighted by molar-refractivity contribution is -0.134. The van der Waals surface area contributed by atoms with Gasteiger partial charge in [0.2, 0.25) is 11.8 Å². The summed E-state index contributed by atoms with van der Waals surface area (Å²) in [6.45, 7) is 5.06. The quantitative estimate of drug-likeness (QED) is 0.233. The Bertz CT molecular complexity index is 1410. The first-order valence-electron chi connectivity index (χ1n) is 19.1. The Balaban J connectivity index is 0.952. The van der Waals surface area contributed by atoms with E-state index in [2.05, 4.69) is 0 Å². The molecule has 0 atom stereocenters. The highest BCUT2D eigenvalue weighted by Crippen LogP contribution is 2.24. The number of fused-ring (bicyclic) bond motifs is 2. The maximum atomic E-state index is 13.1. The number of imide groups is 2. The van der Waals surface area contributed by atoms with Gasteiger partial charge in [0.15, 0.2) is 0 Å². The van der Waals surface area contributed by atoms with Crippen molar-refractivity contribution in [3.63, 3.8) is 0 Å². The van der Waals surface area contributed by atoms with Crippen LogP contribution in [0.1, 0.15) is 92.8 Å². The van der Waals surface area contributed by atoms with Crippen molar-refractivity contribution in [3.8, 4) is 0 Å². The molecule has 0 spiro atoms. The van der Waals surface area contributed by atoms with Crippen LogP contribution in [-0.2, 0) is 28.5 Å². The molecule has 1 fully saturated rings. The lowest BCUT2D eigenvalue weighted by Crippen LogP contribution is -2.38. The van der Waals surface area contributed by atoms with Gasteiger partial charge in [0.25, 0.3) is 23.6 Å². The molecular weight excluding hydrogens is 696 g/mol. The van der Waals surface area contributed by atoms with Crippen molar-refractivity contribution >= 4 is 35.4 Å². The second kappa shape index (κ2) is 21.4. The molecule has 3 heterocycles. The van der Waals surface area contributed by atoms with E-state index in [1.165, 1.54) is 9.80 Å². The average molecular weight is 749 g/mol. The lowest BCUT2D eigenvalue weighted by Gasteiger charge is -2.24. The molecule has 0 N–H and O–H groups in total. The smallest absolute Gasteiger partial charge is 0.261 e. The number of carbonyl (C=O) groups is 6. The maximum Gasteiger partial charge on any atom is 0.261 e. The van der Waals surface area contributed by atoms with Gasteiger partial charge in [-0.25, -0.2) is 0 Å². The number of rotatable bonds is 12. The summed E-state index contributed by atoms with van der Waals surface area (Å²) in [5.74, 6) is -1.05. The van der Waals surface area contributed by atoms with Crippen LogP contribution in [0.25, 0.3) is 0 Å². The first-order valence-corrected chi connectivity index (χ1v) is 19.1. The third kappa shape index (κ3) is 11.3. The van der Waals surface area contributed by atoms with Crippen LogP contribution in [0.2, 0.25) is 0 Å². The minimum atomic E-state index is -0.261. The van der Waals surface area contributed by atoms with E-state index < -0.39 is 0 Å². The summed E-state index contributed by atoms with van der Waals surface area (Å²) in [5, 5.41) is 0. The van der Waals surface area contributed by atoms with Gasteiger partial charge in [-0.1, -0.05) is 37.1 Å². The zero-order chi connectivity index (χ0) is 38.1. The van der Waals surface area contributed by atoms with E-state index in [4.69, 9.17) is 18.9 Å². The summed E-state index contributed by atoms with van der Waals surface area (Å²) < 4.78 is 23.0. The van der Waals surface area contributed by atoms with Gasteiger partial charge in [-0.3, -0.25) is 38.6 Å². The highest BCUT2D eigenvalue weighted by molar-refractivity contribution is 6.22. The van der Waals surface area contributed by atoms with Crippen LogP contribution in [0.3, 0.4) is 0 Å². The normalized spacial score (nSPS) is 18.1. The highest BCUT2D eigenvalue weighted by Gasteiger charge is 2.35. The Morgan fingerprint density at radius 2 is 0.722 bits per heavy atom. The van der Waals surface area contributed by atoms with Gasteiger partial charge in [0.05, 0.1) is 75.1 Å². The van der Waals surface area contributed by atoms with E-state index in [1.807, 2.05) is 0 Å². The van der Waals surface area contributed by atoms with Crippen LogP contribution in [0.5, 0.6) is 0 Å². The second-order valence-corrected chi connectivity index (χ2v) is 13.4. The summed E-state index contributed by atoms with van der Waals surface area (Å²) in [6.07, 6.45) is 4.64. The molecule has 0 radical (unpaired) electrons. The molecule has 0 saturated carbocycles. The van der Waals surface area contributed by atoms with Gasteiger partial charge in [-0.05, 0) is 49.9 Å². The van der Waals surface area contributed by atoms with Crippen molar-refractivity contribution in [2.24, 2.45) is 0 Å². The molecule has 0 aromatic heterocycles. The molecule has 0 aliphatic carbocycles. The zero-order valence-corrected chi connectivity index (χ0v) is 31.0. The Kier molecular flexibility index (Phi) is 16.1. The SMILES string of the molecule is O=C(CCCCCN1C(=O)c2ccccc2C1=O)N1CCOCCOCCN(C(=O)CCCCCN2C(=O)c3ccccc3C2=O)CCOCCOCC1. The summed E-state index contributed by atoms with van der Waals surface area (Å²) >= 11 is 0. The van der Waals surface area contributed by atoms with E-state index in [0.29, 0.717) is 166 Å². The molecule has 0 bridgehead atoms. The molecular formula is C40H52N4O10. The van der Waals surface area contributed by atoms with Crippen molar-refractivity contribution < 1.29 is 47.7 Å². The molecule has 14 nitrogen and oxygen atoms in total. The first-order chi connectivity index (χ1) is 26.4. The maximum absolute atomic E-state index is 13.1. The monoisotopic (exact) mass is 748 g/mol. The Morgan fingerprint density at radius 3 is 1.02 bits per heavy atom. The van der Waals surface area contributed by atoms with Crippen LogP contribution >= 0.6 is 0 Å². The van der Waals surface area contributed by atoms with Gasteiger partial charge in [0, 0.05) is 52.1 Å². The third-order valence-corrected chi connectivity index (χ3v) is 9.77. The first kappa shape index (κ1) is 40.7. The van der Waals surface area contributed by atoms with Crippen molar-refractivity contribution in [2.75, 3.05) is 92.1 Å². The van der Waals surface area contributed by atoms with E-state index in [-0.39, 0.29) is 35.4 Å². The molecule has 54 heavy (non-hydrogen) atoms. The van der Waals surface area contributed by atoms with Crippen LogP contribution < -0.4 is 0 Å². The molecule has 2 aromatic carbocycles. The van der Waals surface area contributed by atoms with Gasteiger partial charge in [-0.2, -0.15) is 0 Å². The number of amides is 6. The summed E-state index contributed by atoms with van der Waals surface area (Å²) in [6, 6.07) is 13.7. The average Bonchev–Trinajstić information content (AvgIpc) is 3.57. The summed E-state index contributed by atoms with van der Waals surface area (Å²) in [7, 11) is 0. The zero-order valence-electron chi connectivity index (χ0n) is 31.0. The number of hydrogen-bond donors (Lipinski definition) is 0. The van der Waals surface area contributed by atoms with Crippen LogP contribution in [0.4, 0.5) is 0 Å². The van der Waals surface area contributed by atoms with Crippen molar-refractivity contribution in [2.45, 2.75) is 51.4 Å². The van der Waals surface area contributed by atoms with Gasteiger partial charge >= 0.3 is 0 Å². The van der Waals surface area contributed by atoms with E-state index in [1.54, 1.807) is 58.3 Å². The molecule has 3 aliphatic heterocycles. The molecule has 6 amide bonds. The van der Waals surface area contributed by atoms with E-state index in [9.17, 15) is 28.8 Å². The predicted molar refractivity (Wildman–Crippen MR) is 197 cm³/mol. The van der Waals surface area contributed by atoms with Crippen LogP contribution in [-0.4, -0.2) is 147 Å². The fourth-order valence-corrected chi connectivity index (χ4v) is 6.71. The number of ether oxygens (including phenoxy) is 4. The summed E-state index contributed by atoms with van der Waals surface area (Å²) in [5.41, 5.74) is 1.78. The van der Waals surface area contributed by atoms with Crippen LogP contribution in [0, 0.1) is 0 Å². The molecule has 0 unspecified atom stereocenters. The van der Waals surface area contributed by atoms with Gasteiger partial charge < -0.3 is 28.7 Å². The Hall–Kier alpha value is -4.50. The van der Waals surface area contributed by atoms with Gasteiger partial charge in [0.1, 0.15) is 0 Å². The Morgan fingerprint density at radius 1 is 0.426 bits per heavy atom. The topological polar surface area (TPSA) is 152 Å². The van der Waals surface area contributed by atoms with Crippen molar-refractivity contribution in [1.82, 2.24) is 19.6 Å². The molecule has 14 heteroatoms. The largest absolute Gasteiger partial charge is 0.377 e. The van der Waals surface area contributed by atoms with E-state index >= 15 is 0 Å². The Labute approximate surface area is 316 Å². The molecule has 1 saturated heterocycles. The highest BCUT2D eigenvalue weighted by atomic mass is 16.5. The van der Waals surface area contributed by atoms with Gasteiger partial charge in [-0.15, -0.1) is 0 Å². The number of benzene rings is 2. The third-order valence-electron chi connectivity index (χ3n) is 9.77. The lowest BCUT2D eigenvalue weighted by atomic mass is 10.1. The van der Waals surface area contributed by atoms with Crippen molar-refractivity contribution in [1.29, 1.82) is 0 Å². The minimum absolute atomic E-state index is 0.00244. The fraction of sp³-hybridized carbons (Fsp3) is 0.550. The molecule has 2 aromatic rings. The predicted octanol–water partition coefficient (Wildman–Crippen LogP) is 3.44. The molecule has 3 aliphatic rings. The number of carbonyl (C=O) groups excluding carboxylic acids is 6. The van der Waals surface area contributed by atoms with Crippen molar-refractivity contribution in [3.05, 3.63) is 70.8 Å². The number of nitrogens with zero attached hydrogens (tertiary/aromatic N) is 4. The fourth-order valence-electron chi connectivity index (χ4n) is 6.71. The number of hydrogen-bond acceptors (Lipinski definition) is 10. The second-order valence-electron chi connectivity index (χ2n) is 13.4. The minimum Gasteiger partial charge on any atom is -0.377 e.